The zero-order chi connectivity index (χ0) is 22.0. The number of benzene rings is 1. The molecule has 8 N–H and O–H groups in total. The van der Waals surface area contributed by atoms with E-state index in [-0.39, 0.29) is 17.9 Å². The van der Waals surface area contributed by atoms with Crippen molar-refractivity contribution in [3.63, 3.8) is 0 Å². The molecule has 3 amide bonds. The summed E-state index contributed by atoms with van der Waals surface area (Å²) >= 11 is 4.00. The van der Waals surface area contributed by atoms with Gasteiger partial charge in [0.05, 0.1) is 6.61 Å². The van der Waals surface area contributed by atoms with Gasteiger partial charge in [-0.1, -0.05) is 12.1 Å². The van der Waals surface area contributed by atoms with Crippen molar-refractivity contribution < 1.29 is 34.5 Å². The number of carbonyl (C=O) groups excluding carboxylic acids is 3. The third-order valence-corrected chi connectivity index (χ3v) is 4.14. The van der Waals surface area contributed by atoms with Crippen molar-refractivity contribution in [2.24, 2.45) is 5.73 Å². The molecule has 0 aromatic heterocycles. The molecule has 160 valence electrons. The molecule has 0 aliphatic rings. The summed E-state index contributed by atoms with van der Waals surface area (Å²) in [5.74, 6) is -3.61. The Balaban J connectivity index is 2.90. The van der Waals surface area contributed by atoms with Gasteiger partial charge in [0.25, 0.3) is 0 Å². The first kappa shape index (κ1) is 24.2. The number of rotatable bonds is 11. The molecule has 0 spiro atoms. The highest BCUT2D eigenvalue weighted by Gasteiger charge is 2.27. The van der Waals surface area contributed by atoms with Crippen LogP contribution in [-0.4, -0.2) is 76.0 Å². The molecule has 29 heavy (non-hydrogen) atoms. The summed E-state index contributed by atoms with van der Waals surface area (Å²) in [7, 11) is 0. The van der Waals surface area contributed by atoms with Gasteiger partial charge in [-0.25, -0.2) is 0 Å². The maximum absolute atomic E-state index is 12.5. The Kier molecular flexibility index (Phi) is 9.92. The third kappa shape index (κ3) is 8.37. The van der Waals surface area contributed by atoms with E-state index in [0.717, 1.165) is 0 Å². The Morgan fingerprint density at radius 3 is 2.10 bits per heavy atom. The summed E-state index contributed by atoms with van der Waals surface area (Å²) in [6.07, 6.45) is 0.000857. The molecule has 12 heteroatoms. The number of phenols is 1. The van der Waals surface area contributed by atoms with E-state index >= 15 is 0 Å². The van der Waals surface area contributed by atoms with Crippen molar-refractivity contribution >= 4 is 36.3 Å². The average molecular weight is 428 g/mol. The molecule has 3 atom stereocenters. The lowest BCUT2D eigenvalue weighted by Crippen LogP contribution is -2.57. The first-order chi connectivity index (χ1) is 13.7. The molecule has 3 unspecified atom stereocenters. The van der Waals surface area contributed by atoms with Crippen molar-refractivity contribution in [3.05, 3.63) is 29.8 Å². The summed E-state index contributed by atoms with van der Waals surface area (Å²) in [6, 6.07) is 2.35. The normalized spacial score (nSPS) is 13.6. The van der Waals surface area contributed by atoms with Crippen LogP contribution in [0.5, 0.6) is 5.75 Å². The second-order valence-electron chi connectivity index (χ2n) is 6.08. The van der Waals surface area contributed by atoms with E-state index in [4.69, 9.17) is 15.9 Å². The number of aliphatic hydroxyl groups excluding tert-OH is 1. The summed E-state index contributed by atoms with van der Waals surface area (Å²) in [5.41, 5.74) is 5.98. The molecule has 0 aliphatic heterocycles. The quantitative estimate of drug-likeness (QED) is 0.175. The lowest BCUT2D eigenvalue weighted by atomic mass is 10.0. The number of hydrogen-bond donors (Lipinski definition) is 8. The van der Waals surface area contributed by atoms with E-state index in [2.05, 4.69) is 28.6 Å². The molecule has 1 aromatic carbocycles. The number of carboxylic acid groups (broad SMARTS) is 1. The summed E-state index contributed by atoms with van der Waals surface area (Å²) in [4.78, 5) is 47.3. The minimum atomic E-state index is -1.26. The first-order valence-electron chi connectivity index (χ1n) is 8.53. The van der Waals surface area contributed by atoms with Crippen LogP contribution in [0.15, 0.2) is 24.3 Å². The SMILES string of the molecule is NC(CO)C(=O)NC(CS)C(=O)NC(Cc1ccc(O)cc1)C(=O)NCC(=O)O. The second-order valence-corrected chi connectivity index (χ2v) is 6.44. The highest BCUT2D eigenvalue weighted by molar-refractivity contribution is 7.80. The molecule has 11 nitrogen and oxygen atoms in total. The number of carbonyl (C=O) groups is 4. The fraction of sp³-hybridized carbons (Fsp3) is 0.412. The van der Waals surface area contributed by atoms with E-state index in [0.29, 0.717) is 5.56 Å². The average Bonchev–Trinajstić information content (AvgIpc) is 2.70. The number of hydrogen-bond acceptors (Lipinski definition) is 8. The number of carboxylic acids is 1. The van der Waals surface area contributed by atoms with Crippen molar-refractivity contribution in [1.29, 1.82) is 0 Å². The van der Waals surface area contributed by atoms with E-state index < -0.39 is 55.0 Å². The van der Waals surface area contributed by atoms with Gasteiger partial charge in [-0.2, -0.15) is 12.6 Å². The van der Waals surface area contributed by atoms with Crippen molar-refractivity contribution in [2.75, 3.05) is 18.9 Å². The molecule has 0 saturated heterocycles. The van der Waals surface area contributed by atoms with Crippen LogP contribution in [-0.2, 0) is 25.6 Å². The minimum absolute atomic E-state index is 0.000857. The van der Waals surface area contributed by atoms with Gasteiger partial charge in [-0.15, -0.1) is 0 Å². The largest absolute Gasteiger partial charge is 0.508 e. The molecular weight excluding hydrogens is 404 g/mol. The van der Waals surface area contributed by atoms with Crippen LogP contribution in [0.1, 0.15) is 5.56 Å². The summed E-state index contributed by atoms with van der Waals surface area (Å²) in [5, 5.41) is 33.9. The maximum atomic E-state index is 12.5. The number of amides is 3. The number of aliphatic hydroxyl groups is 1. The van der Waals surface area contributed by atoms with Crippen LogP contribution < -0.4 is 21.7 Å². The number of nitrogens with two attached hydrogens (primary N) is 1. The fourth-order valence-corrected chi connectivity index (χ4v) is 2.45. The topological polar surface area (TPSA) is 191 Å². The van der Waals surface area contributed by atoms with Crippen LogP contribution in [0.25, 0.3) is 0 Å². The second kappa shape index (κ2) is 11.9. The number of thiol groups is 1. The highest BCUT2D eigenvalue weighted by atomic mass is 32.1. The Hall–Kier alpha value is -2.83. The molecule has 1 aromatic rings. The van der Waals surface area contributed by atoms with Gasteiger partial charge in [0.1, 0.15) is 30.4 Å². The predicted molar refractivity (Wildman–Crippen MR) is 105 cm³/mol. The van der Waals surface area contributed by atoms with Gasteiger partial charge in [0, 0.05) is 12.2 Å². The van der Waals surface area contributed by atoms with Gasteiger partial charge in [0.15, 0.2) is 0 Å². The van der Waals surface area contributed by atoms with Crippen molar-refractivity contribution in [3.8, 4) is 5.75 Å². The van der Waals surface area contributed by atoms with E-state index in [1.807, 2.05) is 0 Å². The molecule has 0 aliphatic carbocycles. The molecule has 0 heterocycles. The third-order valence-electron chi connectivity index (χ3n) is 3.77. The highest BCUT2D eigenvalue weighted by Crippen LogP contribution is 2.11. The number of nitrogens with one attached hydrogen (secondary N) is 3. The van der Waals surface area contributed by atoms with E-state index in [1.165, 1.54) is 24.3 Å². The molecule has 0 radical (unpaired) electrons. The lowest BCUT2D eigenvalue weighted by Gasteiger charge is -2.23. The standard InChI is InChI=1S/C17H24N4O7S/c18-11(7-22)15(26)21-13(8-29)17(28)20-12(16(27)19-6-14(24)25)5-9-1-3-10(23)4-2-9/h1-4,11-13,22-23,29H,5-8,18H2,(H,19,27)(H,20,28)(H,21,26)(H,24,25). The smallest absolute Gasteiger partial charge is 0.322 e. The van der Waals surface area contributed by atoms with Crippen LogP contribution in [0.3, 0.4) is 0 Å². The zero-order valence-corrected chi connectivity index (χ0v) is 16.3. The molecule has 0 saturated carbocycles. The Bertz CT molecular complexity index is 729. The Labute approximate surface area is 172 Å². The van der Waals surface area contributed by atoms with E-state index in [9.17, 15) is 24.3 Å². The maximum Gasteiger partial charge on any atom is 0.322 e. The zero-order valence-electron chi connectivity index (χ0n) is 15.4. The molecule has 0 fully saturated rings. The molecule has 1 rings (SSSR count). The van der Waals surface area contributed by atoms with Gasteiger partial charge < -0.3 is 37.0 Å². The van der Waals surface area contributed by atoms with Crippen molar-refractivity contribution in [1.82, 2.24) is 16.0 Å². The van der Waals surface area contributed by atoms with Crippen LogP contribution in [0.4, 0.5) is 0 Å². The van der Waals surface area contributed by atoms with Gasteiger partial charge >= 0.3 is 5.97 Å². The molecule has 0 bridgehead atoms. The Morgan fingerprint density at radius 2 is 1.59 bits per heavy atom. The number of phenolic OH excluding ortho intramolecular Hbond substituents is 1. The minimum Gasteiger partial charge on any atom is -0.508 e. The lowest BCUT2D eigenvalue weighted by molar-refractivity contribution is -0.138. The summed E-state index contributed by atoms with van der Waals surface area (Å²) < 4.78 is 0. The molecular formula is C17H24N4O7S. The Morgan fingerprint density at radius 1 is 1.00 bits per heavy atom. The van der Waals surface area contributed by atoms with Crippen LogP contribution in [0, 0.1) is 0 Å². The number of aliphatic carboxylic acids is 1. The first-order valence-corrected chi connectivity index (χ1v) is 9.16. The predicted octanol–water partition coefficient (Wildman–Crippen LogP) is -2.65. The van der Waals surface area contributed by atoms with E-state index in [1.54, 1.807) is 0 Å². The van der Waals surface area contributed by atoms with Gasteiger partial charge in [-0.05, 0) is 17.7 Å². The van der Waals surface area contributed by atoms with Crippen LogP contribution >= 0.6 is 12.6 Å². The van der Waals surface area contributed by atoms with Crippen LogP contribution in [0.2, 0.25) is 0 Å². The van der Waals surface area contributed by atoms with Gasteiger partial charge in [-0.3, -0.25) is 19.2 Å². The summed E-state index contributed by atoms with van der Waals surface area (Å²) in [6.45, 7) is -1.26. The van der Waals surface area contributed by atoms with Crippen molar-refractivity contribution in [2.45, 2.75) is 24.5 Å². The van der Waals surface area contributed by atoms with Gasteiger partial charge in [0.2, 0.25) is 17.7 Å². The monoisotopic (exact) mass is 428 g/mol. The number of aromatic hydroxyl groups is 1. The fourth-order valence-electron chi connectivity index (χ4n) is 2.19.